The summed E-state index contributed by atoms with van der Waals surface area (Å²) in [7, 11) is 0. The predicted molar refractivity (Wildman–Crippen MR) is 66.0 cm³/mol. The van der Waals surface area contributed by atoms with Crippen molar-refractivity contribution in [3.8, 4) is 11.3 Å². The van der Waals surface area contributed by atoms with Gasteiger partial charge in [-0.15, -0.1) is 0 Å². The summed E-state index contributed by atoms with van der Waals surface area (Å²) in [6, 6.07) is 7.76. The zero-order chi connectivity index (χ0) is 11.5. The molecular weight excluding hydrogens is 198 g/mol. The largest absolute Gasteiger partial charge is 0.399 e. The lowest BCUT2D eigenvalue weighted by atomic mass is 9.99. The van der Waals surface area contributed by atoms with Crippen LogP contribution in [0.1, 0.15) is 25.3 Å². The third-order valence-electron chi connectivity index (χ3n) is 2.55. The van der Waals surface area contributed by atoms with Gasteiger partial charge in [-0.25, -0.2) is 9.97 Å². The number of nitrogen functional groups attached to an aromatic ring is 1. The summed E-state index contributed by atoms with van der Waals surface area (Å²) < 4.78 is 0. The Morgan fingerprint density at radius 2 is 1.81 bits per heavy atom. The van der Waals surface area contributed by atoms with E-state index in [4.69, 9.17) is 5.73 Å². The number of nitrogens with two attached hydrogens (primary N) is 1. The highest BCUT2D eigenvalue weighted by molar-refractivity contribution is 5.65. The van der Waals surface area contributed by atoms with E-state index in [0.717, 1.165) is 22.5 Å². The second-order valence-electron chi connectivity index (χ2n) is 4.10. The van der Waals surface area contributed by atoms with Crippen LogP contribution in [0, 0.1) is 0 Å². The first-order chi connectivity index (χ1) is 7.68. The Labute approximate surface area is 95.4 Å². The molecule has 2 aromatic rings. The maximum atomic E-state index is 5.67. The predicted octanol–water partition coefficient (Wildman–Crippen LogP) is 2.85. The van der Waals surface area contributed by atoms with E-state index in [0.29, 0.717) is 5.92 Å². The van der Waals surface area contributed by atoms with Crippen LogP contribution in [0.4, 0.5) is 5.69 Å². The molecule has 0 aliphatic rings. The molecule has 0 saturated carbocycles. The molecule has 1 aromatic heterocycles. The van der Waals surface area contributed by atoms with Gasteiger partial charge in [0.2, 0.25) is 0 Å². The highest BCUT2D eigenvalue weighted by Gasteiger charge is 2.09. The van der Waals surface area contributed by atoms with E-state index in [-0.39, 0.29) is 0 Å². The van der Waals surface area contributed by atoms with E-state index in [1.54, 1.807) is 6.33 Å². The fraction of sp³-hybridized carbons (Fsp3) is 0.231. The second-order valence-corrected chi connectivity index (χ2v) is 4.10. The molecule has 0 radical (unpaired) electrons. The van der Waals surface area contributed by atoms with Gasteiger partial charge in [-0.3, -0.25) is 0 Å². The minimum atomic E-state index is 0.411. The topological polar surface area (TPSA) is 51.8 Å². The Hall–Kier alpha value is -1.90. The molecule has 0 spiro atoms. The van der Waals surface area contributed by atoms with Gasteiger partial charge in [0, 0.05) is 17.4 Å². The molecule has 0 amide bonds. The SMILES string of the molecule is CC(C)c1cncnc1-c1ccc(N)cc1. The smallest absolute Gasteiger partial charge is 0.116 e. The van der Waals surface area contributed by atoms with Gasteiger partial charge in [-0.05, 0) is 23.6 Å². The number of benzene rings is 1. The Balaban J connectivity index is 2.51. The summed E-state index contributed by atoms with van der Waals surface area (Å²) in [5, 5.41) is 0. The van der Waals surface area contributed by atoms with Gasteiger partial charge in [-0.1, -0.05) is 26.0 Å². The van der Waals surface area contributed by atoms with Crippen molar-refractivity contribution in [2.24, 2.45) is 0 Å². The Kier molecular flexibility index (Phi) is 2.86. The summed E-state index contributed by atoms with van der Waals surface area (Å²) in [6.07, 6.45) is 3.46. The monoisotopic (exact) mass is 213 g/mol. The van der Waals surface area contributed by atoms with Gasteiger partial charge >= 0.3 is 0 Å². The maximum Gasteiger partial charge on any atom is 0.116 e. The molecule has 0 unspecified atom stereocenters. The molecule has 16 heavy (non-hydrogen) atoms. The van der Waals surface area contributed by atoms with Crippen molar-refractivity contribution in [2.75, 3.05) is 5.73 Å². The van der Waals surface area contributed by atoms with Crippen molar-refractivity contribution in [1.29, 1.82) is 0 Å². The summed E-state index contributed by atoms with van der Waals surface area (Å²) in [5.74, 6) is 0.411. The van der Waals surface area contributed by atoms with E-state index < -0.39 is 0 Å². The lowest BCUT2D eigenvalue weighted by Crippen LogP contribution is -1.96. The van der Waals surface area contributed by atoms with Gasteiger partial charge in [0.1, 0.15) is 6.33 Å². The second kappa shape index (κ2) is 4.31. The Morgan fingerprint density at radius 3 is 2.44 bits per heavy atom. The lowest BCUT2D eigenvalue weighted by molar-refractivity contribution is 0.849. The van der Waals surface area contributed by atoms with Gasteiger partial charge < -0.3 is 5.73 Å². The molecule has 1 aromatic carbocycles. The average Bonchev–Trinajstić information content (AvgIpc) is 2.30. The molecule has 2 N–H and O–H groups in total. The highest BCUT2D eigenvalue weighted by Crippen LogP contribution is 2.26. The van der Waals surface area contributed by atoms with Crippen molar-refractivity contribution in [3.05, 3.63) is 42.4 Å². The fourth-order valence-corrected chi connectivity index (χ4v) is 1.65. The average molecular weight is 213 g/mol. The van der Waals surface area contributed by atoms with Crippen LogP contribution < -0.4 is 5.73 Å². The van der Waals surface area contributed by atoms with Crippen LogP contribution in [0.25, 0.3) is 11.3 Å². The van der Waals surface area contributed by atoms with Crippen LogP contribution in [0.5, 0.6) is 0 Å². The lowest BCUT2D eigenvalue weighted by Gasteiger charge is -2.10. The van der Waals surface area contributed by atoms with E-state index in [1.807, 2.05) is 30.5 Å². The maximum absolute atomic E-state index is 5.67. The van der Waals surface area contributed by atoms with Crippen molar-refractivity contribution in [3.63, 3.8) is 0 Å². The van der Waals surface area contributed by atoms with Crippen LogP contribution >= 0.6 is 0 Å². The molecule has 0 atom stereocenters. The van der Waals surface area contributed by atoms with Gasteiger partial charge in [0.25, 0.3) is 0 Å². The van der Waals surface area contributed by atoms with Gasteiger partial charge in [0.15, 0.2) is 0 Å². The summed E-state index contributed by atoms with van der Waals surface area (Å²) in [5.41, 5.74) is 9.67. The third-order valence-corrected chi connectivity index (χ3v) is 2.55. The van der Waals surface area contributed by atoms with Crippen LogP contribution in [-0.2, 0) is 0 Å². The van der Waals surface area contributed by atoms with Gasteiger partial charge in [-0.2, -0.15) is 0 Å². The number of nitrogens with zero attached hydrogens (tertiary/aromatic N) is 2. The van der Waals surface area contributed by atoms with Crippen LogP contribution in [0.2, 0.25) is 0 Å². The normalized spacial score (nSPS) is 10.7. The van der Waals surface area contributed by atoms with Crippen molar-refractivity contribution >= 4 is 5.69 Å². The first-order valence-corrected chi connectivity index (χ1v) is 5.34. The van der Waals surface area contributed by atoms with Crippen LogP contribution in [0.3, 0.4) is 0 Å². The number of anilines is 1. The number of rotatable bonds is 2. The molecular formula is C13H15N3. The Bertz CT molecular complexity index is 475. The highest BCUT2D eigenvalue weighted by atomic mass is 14.8. The van der Waals surface area contributed by atoms with Crippen molar-refractivity contribution in [1.82, 2.24) is 9.97 Å². The zero-order valence-electron chi connectivity index (χ0n) is 9.51. The summed E-state index contributed by atoms with van der Waals surface area (Å²) in [4.78, 5) is 8.42. The number of hydrogen-bond donors (Lipinski definition) is 1. The number of aromatic nitrogens is 2. The molecule has 0 aliphatic heterocycles. The molecule has 2 rings (SSSR count). The van der Waals surface area contributed by atoms with Crippen LogP contribution in [-0.4, -0.2) is 9.97 Å². The first-order valence-electron chi connectivity index (χ1n) is 5.34. The molecule has 0 aliphatic carbocycles. The molecule has 0 bridgehead atoms. The van der Waals surface area contributed by atoms with E-state index in [2.05, 4.69) is 23.8 Å². The van der Waals surface area contributed by atoms with Crippen molar-refractivity contribution in [2.45, 2.75) is 19.8 Å². The first kappa shape index (κ1) is 10.6. The van der Waals surface area contributed by atoms with Gasteiger partial charge in [0.05, 0.1) is 5.69 Å². The van der Waals surface area contributed by atoms with E-state index in [1.165, 1.54) is 0 Å². The minimum absolute atomic E-state index is 0.411. The molecule has 0 saturated heterocycles. The molecule has 1 heterocycles. The molecule has 3 heteroatoms. The zero-order valence-corrected chi connectivity index (χ0v) is 9.51. The van der Waals surface area contributed by atoms with E-state index >= 15 is 0 Å². The van der Waals surface area contributed by atoms with Crippen LogP contribution in [0.15, 0.2) is 36.8 Å². The molecule has 0 fully saturated rings. The summed E-state index contributed by atoms with van der Waals surface area (Å²) >= 11 is 0. The van der Waals surface area contributed by atoms with E-state index in [9.17, 15) is 0 Å². The standard InChI is InChI=1S/C13H15N3/c1-9(2)12-7-15-8-16-13(12)10-3-5-11(14)6-4-10/h3-9H,14H2,1-2H3. The molecule has 82 valence electrons. The fourth-order valence-electron chi connectivity index (χ4n) is 1.65. The minimum Gasteiger partial charge on any atom is -0.399 e. The number of hydrogen-bond acceptors (Lipinski definition) is 3. The quantitative estimate of drug-likeness (QED) is 0.780. The molecule has 3 nitrogen and oxygen atoms in total. The summed E-state index contributed by atoms with van der Waals surface area (Å²) in [6.45, 7) is 4.28. The Morgan fingerprint density at radius 1 is 1.12 bits per heavy atom. The third kappa shape index (κ3) is 2.03. The van der Waals surface area contributed by atoms with Crippen molar-refractivity contribution < 1.29 is 0 Å².